The standard InChI is InChI=1S/C27H38NO7P/c1-3-11-23(12-4-2)20-33-27(29)25(19-22-13-7-5-8-14-22)28-36(30,34-21-26-31-17-18-32-26)35-24-15-9-6-10-16-24/h5-10,13-16,23,25-26H,3-4,11-12,17-21H2,1-2H3,(H,28,30)/t25-,36?/m0/s1. The van der Waals surface area contributed by atoms with Crippen LogP contribution in [0.4, 0.5) is 0 Å². The Hall–Kier alpha value is -2.22. The highest BCUT2D eigenvalue weighted by atomic mass is 31.2. The van der Waals surface area contributed by atoms with Gasteiger partial charge in [-0.1, -0.05) is 75.2 Å². The number of esters is 1. The molecular weight excluding hydrogens is 481 g/mol. The molecule has 0 amide bonds. The van der Waals surface area contributed by atoms with Gasteiger partial charge in [0.15, 0.2) is 6.29 Å². The fraction of sp³-hybridized carbons (Fsp3) is 0.519. The lowest BCUT2D eigenvalue weighted by Gasteiger charge is -2.26. The number of rotatable bonds is 16. The van der Waals surface area contributed by atoms with Gasteiger partial charge in [0.25, 0.3) is 0 Å². The van der Waals surface area contributed by atoms with Gasteiger partial charge in [-0.15, -0.1) is 0 Å². The minimum absolute atomic E-state index is 0.112. The highest BCUT2D eigenvalue weighted by Gasteiger charge is 2.36. The van der Waals surface area contributed by atoms with Gasteiger partial charge in [-0.25, -0.2) is 4.57 Å². The summed E-state index contributed by atoms with van der Waals surface area (Å²) in [5, 5.41) is 2.86. The van der Waals surface area contributed by atoms with Crippen molar-refractivity contribution < 1.29 is 32.6 Å². The molecule has 1 N–H and O–H groups in total. The van der Waals surface area contributed by atoms with Gasteiger partial charge in [-0.2, -0.15) is 5.09 Å². The predicted molar refractivity (Wildman–Crippen MR) is 138 cm³/mol. The number of nitrogens with one attached hydrogen (secondary N) is 1. The summed E-state index contributed by atoms with van der Waals surface area (Å²) in [7, 11) is -4.02. The van der Waals surface area contributed by atoms with Gasteiger partial charge in [-0.05, 0) is 42.9 Å². The molecule has 2 atom stereocenters. The highest BCUT2D eigenvalue weighted by Crippen LogP contribution is 2.45. The van der Waals surface area contributed by atoms with Crippen molar-refractivity contribution in [2.45, 2.75) is 58.3 Å². The summed E-state index contributed by atoms with van der Waals surface area (Å²) in [6, 6.07) is 17.2. The van der Waals surface area contributed by atoms with E-state index in [1.807, 2.05) is 36.4 Å². The maximum Gasteiger partial charge on any atom is 0.459 e. The Morgan fingerprint density at radius 3 is 2.22 bits per heavy atom. The largest absolute Gasteiger partial charge is 0.464 e. The van der Waals surface area contributed by atoms with Crippen LogP contribution >= 0.6 is 7.75 Å². The molecular formula is C27H38NO7P. The first-order chi connectivity index (χ1) is 17.5. The second kappa shape index (κ2) is 15.1. The SMILES string of the molecule is CCCC(CCC)COC(=O)[C@H](Cc1ccccc1)NP(=O)(OCC1OCCO1)Oc1ccccc1. The summed E-state index contributed by atoms with van der Waals surface area (Å²) in [5.74, 6) is 0.144. The van der Waals surface area contributed by atoms with Gasteiger partial charge >= 0.3 is 13.7 Å². The molecule has 3 rings (SSSR count). The zero-order valence-electron chi connectivity index (χ0n) is 21.2. The molecule has 1 heterocycles. The lowest BCUT2D eigenvalue weighted by molar-refractivity contribution is -0.147. The van der Waals surface area contributed by atoms with E-state index in [4.69, 9.17) is 23.3 Å². The topological polar surface area (TPSA) is 92.3 Å². The van der Waals surface area contributed by atoms with Crippen LogP contribution in [0.5, 0.6) is 5.75 Å². The van der Waals surface area contributed by atoms with Crippen LogP contribution in [-0.4, -0.2) is 44.7 Å². The van der Waals surface area contributed by atoms with Crippen molar-refractivity contribution in [2.24, 2.45) is 5.92 Å². The molecule has 0 aromatic heterocycles. The minimum atomic E-state index is -4.02. The van der Waals surface area contributed by atoms with E-state index in [0.717, 1.165) is 31.2 Å². The molecule has 8 nitrogen and oxygen atoms in total. The lowest BCUT2D eigenvalue weighted by Crippen LogP contribution is -2.40. The van der Waals surface area contributed by atoms with Crippen LogP contribution in [0.15, 0.2) is 60.7 Å². The van der Waals surface area contributed by atoms with Crippen LogP contribution in [0.2, 0.25) is 0 Å². The van der Waals surface area contributed by atoms with Crippen LogP contribution in [0.25, 0.3) is 0 Å². The molecule has 2 aromatic carbocycles. The smallest absolute Gasteiger partial charge is 0.459 e. The Balaban J connectivity index is 1.77. The van der Waals surface area contributed by atoms with Crippen molar-refractivity contribution in [1.29, 1.82) is 0 Å². The Morgan fingerprint density at radius 2 is 1.61 bits per heavy atom. The van der Waals surface area contributed by atoms with E-state index < -0.39 is 26.0 Å². The second-order valence-corrected chi connectivity index (χ2v) is 10.5. The van der Waals surface area contributed by atoms with E-state index in [2.05, 4.69) is 18.9 Å². The van der Waals surface area contributed by atoms with E-state index in [9.17, 15) is 9.36 Å². The molecule has 1 fully saturated rings. The summed E-state index contributed by atoms with van der Waals surface area (Å²) in [5.41, 5.74) is 0.888. The fourth-order valence-electron chi connectivity index (χ4n) is 4.02. The molecule has 36 heavy (non-hydrogen) atoms. The molecule has 1 saturated heterocycles. The van der Waals surface area contributed by atoms with Crippen molar-refractivity contribution >= 4 is 13.7 Å². The Kier molecular flexibility index (Phi) is 11.9. The second-order valence-electron chi connectivity index (χ2n) is 8.81. The van der Waals surface area contributed by atoms with Gasteiger partial charge < -0.3 is 18.7 Å². The summed E-state index contributed by atoms with van der Waals surface area (Å²) < 4.78 is 42.0. The first-order valence-electron chi connectivity index (χ1n) is 12.7. The van der Waals surface area contributed by atoms with Crippen molar-refractivity contribution in [1.82, 2.24) is 5.09 Å². The molecule has 1 aliphatic heterocycles. The fourth-order valence-corrected chi connectivity index (χ4v) is 5.50. The monoisotopic (exact) mass is 519 g/mol. The number of carbonyl (C=O) groups is 1. The number of para-hydroxylation sites is 1. The third kappa shape index (κ3) is 9.68. The first-order valence-corrected chi connectivity index (χ1v) is 14.3. The normalized spacial score (nSPS) is 16.5. The molecule has 9 heteroatoms. The van der Waals surface area contributed by atoms with Crippen molar-refractivity contribution in [3.63, 3.8) is 0 Å². The number of carbonyl (C=O) groups excluding carboxylic acids is 1. The quantitative estimate of drug-likeness (QED) is 0.229. The molecule has 0 spiro atoms. The average molecular weight is 520 g/mol. The number of benzene rings is 2. The highest BCUT2D eigenvalue weighted by molar-refractivity contribution is 7.52. The van der Waals surface area contributed by atoms with Crippen LogP contribution < -0.4 is 9.61 Å². The van der Waals surface area contributed by atoms with Gasteiger partial charge in [-0.3, -0.25) is 9.32 Å². The van der Waals surface area contributed by atoms with Gasteiger partial charge in [0.2, 0.25) is 0 Å². The lowest BCUT2D eigenvalue weighted by atomic mass is 9.99. The van der Waals surface area contributed by atoms with Gasteiger partial charge in [0, 0.05) is 0 Å². The van der Waals surface area contributed by atoms with Crippen molar-refractivity contribution in [2.75, 3.05) is 26.4 Å². The van der Waals surface area contributed by atoms with E-state index in [1.165, 1.54) is 0 Å². The van der Waals surface area contributed by atoms with Gasteiger partial charge in [0.1, 0.15) is 18.4 Å². The molecule has 2 aromatic rings. The number of hydrogen-bond acceptors (Lipinski definition) is 7. The van der Waals surface area contributed by atoms with E-state index in [1.54, 1.807) is 24.3 Å². The number of hydrogen-bond donors (Lipinski definition) is 1. The predicted octanol–water partition coefficient (Wildman–Crippen LogP) is 5.52. The van der Waals surface area contributed by atoms with Crippen LogP contribution in [-0.2, 0) is 34.5 Å². The number of ether oxygens (including phenoxy) is 3. The minimum Gasteiger partial charge on any atom is -0.464 e. The Bertz CT molecular complexity index is 932. The van der Waals surface area contributed by atoms with Crippen LogP contribution in [0.1, 0.15) is 45.1 Å². The Labute approximate surface area is 214 Å². The average Bonchev–Trinajstić information content (AvgIpc) is 3.41. The summed E-state index contributed by atoms with van der Waals surface area (Å²) >= 11 is 0. The van der Waals surface area contributed by atoms with E-state index >= 15 is 0 Å². The molecule has 0 aliphatic carbocycles. The van der Waals surface area contributed by atoms with Gasteiger partial charge in [0.05, 0.1) is 19.8 Å². The molecule has 1 unspecified atom stereocenters. The van der Waals surface area contributed by atoms with Crippen molar-refractivity contribution in [3.8, 4) is 5.75 Å². The molecule has 0 radical (unpaired) electrons. The van der Waals surface area contributed by atoms with Crippen LogP contribution in [0.3, 0.4) is 0 Å². The maximum absolute atomic E-state index is 13.9. The van der Waals surface area contributed by atoms with E-state index in [-0.39, 0.29) is 13.0 Å². The third-order valence-electron chi connectivity index (χ3n) is 5.78. The summed E-state index contributed by atoms with van der Waals surface area (Å²) in [6.45, 7) is 5.32. The Morgan fingerprint density at radius 1 is 1.00 bits per heavy atom. The zero-order chi connectivity index (χ0) is 25.6. The zero-order valence-corrected chi connectivity index (χ0v) is 22.1. The third-order valence-corrected chi connectivity index (χ3v) is 7.34. The molecule has 1 aliphatic rings. The first kappa shape index (κ1) is 28.4. The summed E-state index contributed by atoms with van der Waals surface area (Å²) in [4.78, 5) is 13.3. The summed E-state index contributed by atoms with van der Waals surface area (Å²) in [6.07, 6.45) is 3.62. The van der Waals surface area contributed by atoms with Crippen LogP contribution in [0, 0.1) is 5.92 Å². The molecule has 0 saturated carbocycles. The molecule has 198 valence electrons. The van der Waals surface area contributed by atoms with E-state index in [0.29, 0.717) is 31.5 Å². The molecule has 0 bridgehead atoms. The maximum atomic E-state index is 13.9. The van der Waals surface area contributed by atoms with Crippen molar-refractivity contribution in [3.05, 3.63) is 66.2 Å².